The SMILES string of the molecule is CCOC(=O)C#Cc1cc(C#N)cc(C(F)(F)F)c1. The first kappa shape index (κ1) is 14.6. The van der Waals surface area contributed by atoms with Gasteiger partial charge in [-0.15, -0.1) is 0 Å². The van der Waals surface area contributed by atoms with Crippen molar-refractivity contribution in [3.63, 3.8) is 0 Å². The Morgan fingerprint density at radius 1 is 1.32 bits per heavy atom. The van der Waals surface area contributed by atoms with E-state index in [2.05, 4.69) is 10.7 Å². The van der Waals surface area contributed by atoms with Gasteiger partial charge in [-0.05, 0) is 25.1 Å². The summed E-state index contributed by atoms with van der Waals surface area (Å²) in [5, 5.41) is 8.66. The summed E-state index contributed by atoms with van der Waals surface area (Å²) < 4.78 is 42.2. The minimum Gasteiger partial charge on any atom is -0.456 e. The van der Waals surface area contributed by atoms with E-state index in [0.717, 1.165) is 12.1 Å². The maximum Gasteiger partial charge on any atom is 0.416 e. The van der Waals surface area contributed by atoms with Gasteiger partial charge in [0.1, 0.15) is 0 Å². The van der Waals surface area contributed by atoms with Crippen molar-refractivity contribution in [1.82, 2.24) is 0 Å². The van der Waals surface area contributed by atoms with Crippen molar-refractivity contribution in [2.24, 2.45) is 0 Å². The van der Waals surface area contributed by atoms with Crippen LogP contribution in [-0.2, 0) is 15.7 Å². The van der Waals surface area contributed by atoms with Gasteiger partial charge >= 0.3 is 12.1 Å². The number of ether oxygens (including phenoxy) is 1. The Balaban J connectivity index is 3.16. The number of hydrogen-bond donors (Lipinski definition) is 0. The van der Waals surface area contributed by atoms with Gasteiger partial charge in [-0.3, -0.25) is 0 Å². The molecule has 0 spiro atoms. The molecule has 0 atom stereocenters. The molecule has 0 fully saturated rings. The van der Waals surface area contributed by atoms with Crippen molar-refractivity contribution >= 4 is 5.97 Å². The smallest absolute Gasteiger partial charge is 0.416 e. The van der Waals surface area contributed by atoms with Crippen LogP contribution in [0.25, 0.3) is 0 Å². The summed E-state index contributed by atoms with van der Waals surface area (Å²) >= 11 is 0. The van der Waals surface area contributed by atoms with Gasteiger partial charge in [0.15, 0.2) is 0 Å². The summed E-state index contributed by atoms with van der Waals surface area (Å²) in [6, 6.07) is 4.27. The molecule has 0 N–H and O–H groups in total. The number of carbonyl (C=O) groups excluding carboxylic acids is 1. The van der Waals surface area contributed by atoms with Crippen LogP contribution in [0.3, 0.4) is 0 Å². The highest BCUT2D eigenvalue weighted by molar-refractivity contribution is 5.89. The van der Waals surface area contributed by atoms with Crippen molar-refractivity contribution in [3.8, 4) is 17.9 Å². The van der Waals surface area contributed by atoms with Crippen LogP contribution in [0.4, 0.5) is 13.2 Å². The molecule has 19 heavy (non-hydrogen) atoms. The number of alkyl halides is 3. The first-order valence-corrected chi connectivity index (χ1v) is 5.18. The van der Waals surface area contributed by atoms with E-state index in [9.17, 15) is 18.0 Å². The van der Waals surface area contributed by atoms with E-state index in [1.807, 2.05) is 5.92 Å². The number of halogens is 3. The largest absolute Gasteiger partial charge is 0.456 e. The van der Waals surface area contributed by atoms with E-state index >= 15 is 0 Å². The molecule has 0 aromatic heterocycles. The summed E-state index contributed by atoms with van der Waals surface area (Å²) in [5.74, 6) is 3.45. The lowest BCUT2D eigenvalue weighted by atomic mass is 10.1. The third-order valence-electron chi connectivity index (χ3n) is 1.97. The number of nitriles is 1. The maximum absolute atomic E-state index is 12.6. The Hall–Kier alpha value is -2.47. The van der Waals surface area contributed by atoms with Crippen LogP contribution >= 0.6 is 0 Å². The molecule has 0 aliphatic heterocycles. The molecule has 1 aromatic carbocycles. The van der Waals surface area contributed by atoms with E-state index in [4.69, 9.17) is 5.26 Å². The van der Waals surface area contributed by atoms with Gasteiger partial charge in [-0.2, -0.15) is 18.4 Å². The maximum atomic E-state index is 12.6. The molecule has 0 aliphatic carbocycles. The summed E-state index contributed by atoms with van der Waals surface area (Å²) in [5.41, 5.74) is -1.23. The van der Waals surface area contributed by atoms with Crippen molar-refractivity contribution in [1.29, 1.82) is 5.26 Å². The average molecular weight is 267 g/mol. The zero-order valence-electron chi connectivity index (χ0n) is 9.84. The quantitative estimate of drug-likeness (QED) is 0.580. The third kappa shape index (κ3) is 4.36. The number of hydrogen-bond acceptors (Lipinski definition) is 3. The molecule has 0 saturated carbocycles. The molecule has 0 saturated heterocycles. The zero-order chi connectivity index (χ0) is 14.5. The number of esters is 1. The van der Waals surface area contributed by atoms with Crippen molar-refractivity contribution < 1.29 is 22.7 Å². The minimum absolute atomic E-state index is 0.0700. The molecule has 0 bridgehead atoms. The fraction of sp³-hybridized carbons (Fsp3) is 0.231. The zero-order valence-corrected chi connectivity index (χ0v) is 9.84. The molecule has 1 rings (SSSR count). The Morgan fingerprint density at radius 2 is 1.95 bits per heavy atom. The lowest BCUT2D eigenvalue weighted by molar-refractivity contribution is -0.138. The second-order valence-electron chi connectivity index (χ2n) is 3.38. The van der Waals surface area contributed by atoms with Crippen LogP contribution in [0, 0.1) is 23.2 Å². The van der Waals surface area contributed by atoms with E-state index < -0.39 is 17.7 Å². The highest BCUT2D eigenvalue weighted by atomic mass is 19.4. The Labute approximate surface area is 107 Å². The van der Waals surface area contributed by atoms with Gasteiger partial charge in [0.05, 0.1) is 23.8 Å². The van der Waals surface area contributed by atoms with Crippen molar-refractivity contribution in [2.75, 3.05) is 6.61 Å². The van der Waals surface area contributed by atoms with Crippen LogP contribution in [0.1, 0.15) is 23.6 Å². The lowest BCUT2D eigenvalue weighted by Gasteiger charge is -2.07. The fourth-order valence-electron chi connectivity index (χ4n) is 1.22. The average Bonchev–Trinajstić information content (AvgIpc) is 2.35. The fourth-order valence-corrected chi connectivity index (χ4v) is 1.22. The topological polar surface area (TPSA) is 50.1 Å². The predicted octanol–water partition coefficient (Wildman–Crippen LogP) is 2.49. The van der Waals surface area contributed by atoms with Crippen LogP contribution in [0.2, 0.25) is 0 Å². The van der Waals surface area contributed by atoms with Crippen LogP contribution in [-0.4, -0.2) is 12.6 Å². The summed E-state index contributed by atoms with van der Waals surface area (Å²) in [7, 11) is 0. The van der Waals surface area contributed by atoms with Crippen molar-refractivity contribution in [3.05, 3.63) is 34.9 Å². The highest BCUT2D eigenvalue weighted by Gasteiger charge is 2.31. The first-order chi connectivity index (χ1) is 8.86. The van der Waals surface area contributed by atoms with E-state index in [0.29, 0.717) is 0 Å². The second kappa shape index (κ2) is 5.92. The Morgan fingerprint density at radius 3 is 2.47 bits per heavy atom. The lowest BCUT2D eigenvalue weighted by Crippen LogP contribution is -2.06. The van der Waals surface area contributed by atoms with Gasteiger partial charge < -0.3 is 4.74 Å². The molecule has 98 valence electrons. The molecule has 3 nitrogen and oxygen atoms in total. The van der Waals surface area contributed by atoms with Gasteiger partial charge in [0, 0.05) is 11.5 Å². The van der Waals surface area contributed by atoms with Gasteiger partial charge in [0.2, 0.25) is 0 Å². The molecular formula is C13H8F3NO2. The molecule has 0 amide bonds. The highest BCUT2D eigenvalue weighted by Crippen LogP contribution is 2.30. The Bertz CT molecular complexity index is 589. The van der Waals surface area contributed by atoms with E-state index in [-0.39, 0.29) is 17.7 Å². The third-order valence-corrected chi connectivity index (χ3v) is 1.97. The molecule has 0 heterocycles. The molecule has 0 aliphatic rings. The van der Waals surface area contributed by atoms with Crippen LogP contribution < -0.4 is 0 Å². The number of benzene rings is 1. The number of nitrogens with zero attached hydrogens (tertiary/aromatic N) is 1. The van der Waals surface area contributed by atoms with Crippen molar-refractivity contribution in [2.45, 2.75) is 13.1 Å². The van der Waals surface area contributed by atoms with Crippen LogP contribution in [0.15, 0.2) is 18.2 Å². The van der Waals surface area contributed by atoms with Gasteiger partial charge in [0.25, 0.3) is 0 Å². The second-order valence-corrected chi connectivity index (χ2v) is 3.38. The monoisotopic (exact) mass is 267 g/mol. The standard InChI is InChI=1S/C13H8F3NO2/c1-2-19-12(18)4-3-9-5-10(8-17)7-11(6-9)13(14,15)16/h5-7H,2H2,1H3. The summed E-state index contributed by atoms with van der Waals surface area (Å²) in [4.78, 5) is 11.0. The van der Waals surface area contributed by atoms with E-state index in [1.165, 1.54) is 6.07 Å². The predicted molar refractivity (Wildman–Crippen MR) is 59.7 cm³/mol. The van der Waals surface area contributed by atoms with Gasteiger partial charge in [-0.1, -0.05) is 5.92 Å². The molecule has 0 radical (unpaired) electrons. The summed E-state index contributed by atoms with van der Waals surface area (Å²) in [6.45, 7) is 1.71. The normalized spacial score (nSPS) is 10.1. The van der Waals surface area contributed by atoms with E-state index in [1.54, 1.807) is 13.0 Å². The summed E-state index contributed by atoms with van der Waals surface area (Å²) in [6.07, 6.45) is -4.58. The molecule has 0 unspecified atom stereocenters. The molecule has 1 aromatic rings. The Kier molecular flexibility index (Phi) is 4.55. The van der Waals surface area contributed by atoms with Gasteiger partial charge in [-0.25, -0.2) is 4.79 Å². The first-order valence-electron chi connectivity index (χ1n) is 5.18. The number of carbonyl (C=O) groups is 1. The van der Waals surface area contributed by atoms with Crippen LogP contribution in [0.5, 0.6) is 0 Å². The molecular weight excluding hydrogens is 259 g/mol. The number of rotatable bonds is 1. The molecule has 6 heteroatoms. The minimum atomic E-state index is -4.58.